The maximum Gasteiger partial charge on any atom is 0.266 e. The molecule has 1 aliphatic rings. The van der Waals surface area contributed by atoms with Crippen molar-refractivity contribution in [3.63, 3.8) is 0 Å². The van der Waals surface area contributed by atoms with E-state index in [-0.39, 0.29) is 12.0 Å². The number of nitrogens with one attached hydrogen (secondary N) is 2. The Bertz CT molecular complexity index is 501. The number of nitrogens with zero attached hydrogens (tertiary/aromatic N) is 3. The van der Waals surface area contributed by atoms with Crippen LogP contribution in [0.2, 0.25) is 0 Å². The van der Waals surface area contributed by atoms with Crippen LogP contribution in [-0.2, 0) is 6.54 Å². The van der Waals surface area contributed by atoms with Crippen molar-refractivity contribution in [1.82, 2.24) is 14.9 Å². The van der Waals surface area contributed by atoms with Gasteiger partial charge in [0.2, 0.25) is 0 Å². The monoisotopic (exact) mass is 254 g/mol. The number of hydrazine groups is 1. The quantitative estimate of drug-likeness (QED) is 0.459. The minimum atomic E-state index is -0.770. The molecule has 0 amide bonds. The zero-order valence-electron chi connectivity index (χ0n) is 9.63. The van der Waals surface area contributed by atoms with E-state index in [1.807, 2.05) is 5.43 Å². The number of anilines is 1. The minimum Gasteiger partial charge on any atom is -0.326 e. The molecule has 98 valence electrons. The second-order valence-corrected chi connectivity index (χ2v) is 4.24. The predicted octanol–water partition coefficient (Wildman–Crippen LogP) is -1.09. The van der Waals surface area contributed by atoms with E-state index in [4.69, 9.17) is 5.73 Å². The summed E-state index contributed by atoms with van der Waals surface area (Å²) in [6.07, 6.45) is 0.906. The lowest BCUT2D eigenvalue weighted by molar-refractivity contribution is -0.446. The van der Waals surface area contributed by atoms with Crippen LogP contribution < -0.4 is 16.7 Å². The molecule has 0 bridgehead atoms. The molecule has 0 aliphatic carbocycles. The molecule has 0 saturated carbocycles. The molecule has 1 aliphatic heterocycles. The highest BCUT2D eigenvalue weighted by Crippen LogP contribution is 2.10. The van der Waals surface area contributed by atoms with Gasteiger partial charge in [0.25, 0.3) is 11.5 Å². The number of aromatic nitrogens is 2. The van der Waals surface area contributed by atoms with Crippen molar-refractivity contribution in [3.8, 4) is 0 Å². The molecule has 1 atom stereocenters. The second-order valence-electron chi connectivity index (χ2n) is 4.24. The van der Waals surface area contributed by atoms with Crippen LogP contribution in [0, 0.1) is 10.1 Å². The van der Waals surface area contributed by atoms with E-state index in [0.29, 0.717) is 12.2 Å². The van der Waals surface area contributed by atoms with E-state index in [1.54, 1.807) is 0 Å². The summed E-state index contributed by atoms with van der Waals surface area (Å²) in [5.41, 5.74) is 7.67. The lowest BCUT2D eigenvalue weighted by Crippen LogP contribution is -2.27. The van der Waals surface area contributed by atoms with Crippen LogP contribution in [0.5, 0.6) is 0 Å². The van der Waals surface area contributed by atoms with Gasteiger partial charge in [0, 0.05) is 31.7 Å². The molecule has 1 unspecified atom stereocenters. The van der Waals surface area contributed by atoms with Crippen LogP contribution in [0.4, 0.5) is 5.95 Å². The van der Waals surface area contributed by atoms with Crippen LogP contribution >= 0.6 is 0 Å². The smallest absolute Gasteiger partial charge is 0.266 e. The van der Waals surface area contributed by atoms with E-state index in [2.05, 4.69) is 14.9 Å². The third-order valence-corrected chi connectivity index (χ3v) is 2.69. The van der Waals surface area contributed by atoms with Crippen LogP contribution in [0.3, 0.4) is 0 Å². The van der Waals surface area contributed by atoms with Gasteiger partial charge in [-0.25, -0.2) is 15.1 Å². The third kappa shape index (κ3) is 3.25. The molecule has 0 spiro atoms. The number of hydrogen-bond donors (Lipinski definition) is 3. The molecule has 1 aromatic rings. The van der Waals surface area contributed by atoms with Crippen molar-refractivity contribution in [2.75, 3.05) is 18.5 Å². The first-order valence-electron chi connectivity index (χ1n) is 5.52. The first-order valence-corrected chi connectivity index (χ1v) is 5.52. The van der Waals surface area contributed by atoms with Gasteiger partial charge in [-0.1, -0.05) is 5.43 Å². The number of rotatable bonds is 4. The van der Waals surface area contributed by atoms with Gasteiger partial charge in [0.05, 0.1) is 5.69 Å². The summed E-state index contributed by atoms with van der Waals surface area (Å²) in [4.78, 5) is 29.9. The van der Waals surface area contributed by atoms with Gasteiger partial charge in [0.1, 0.15) is 0 Å². The SMILES string of the molecule is NC1CCN(Cc2cc(=O)[nH]c(N[N+](=O)[O-])n2)C1. The molecule has 1 aromatic heterocycles. The van der Waals surface area contributed by atoms with E-state index < -0.39 is 10.6 Å². The van der Waals surface area contributed by atoms with Gasteiger partial charge in [-0.15, -0.1) is 0 Å². The minimum absolute atomic E-state index is 0.142. The fourth-order valence-electron chi connectivity index (χ4n) is 1.96. The van der Waals surface area contributed by atoms with Gasteiger partial charge in [-0.3, -0.25) is 14.7 Å². The van der Waals surface area contributed by atoms with E-state index in [9.17, 15) is 14.9 Å². The van der Waals surface area contributed by atoms with Gasteiger partial charge >= 0.3 is 0 Å². The van der Waals surface area contributed by atoms with Gasteiger partial charge in [-0.05, 0) is 6.42 Å². The molecular weight excluding hydrogens is 240 g/mol. The summed E-state index contributed by atoms with van der Waals surface area (Å²) in [5.74, 6) is -0.161. The number of hydrogen-bond acceptors (Lipinski definition) is 6. The molecule has 9 nitrogen and oxygen atoms in total. The van der Waals surface area contributed by atoms with Gasteiger partial charge in [0.15, 0.2) is 5.03 Å². The standard InChI is InChI=1S/C9H14N6O3/c10-6-1-2-14(4-6)5-7-3-8(16)12-9(11-7)13-15(17)18/h3,6H,1-2,4-5,10H2,(H2,11,12,13,16). The molecule has 0 radical (unpaired) electrons. The zero-order chi connectivity index (χ0) is 13.1. The highest BCUT2D eigenvalue weighted by molar-refractivity contribution is 5.21. The summed E-state index contributed by atoms with van der Waals surface area (Å²) >= 11 is 0. The molecule has 9 heteroatoms. The molecule has 4 N–H and O–H groups in total. The first kappa shape index (κ1) is 12.5. The van der Waals surface area contributed by atoms with Crippen molar-refractivity contribution < 1.29 is 5.03 Å². The Labute approximate surface area is 102 Å². The number of nitrogens with two attached hydrogens (primary N) is 1. The van der Waals surface area contributed by atoms with Crippen LogP contribution in [0.1, 0.15) is 12.1 Å². The van der Waals surface area contributed by atoms with Gasteiger partial charge in [-0.2, -0.15) is 0 Å². The van der Waals surface area contributed by atoms with E-state index in [1.165, 1.54) is 6.07 Å². The fraction of sp³-hybridized carbons (Fsp3) is 0.556. The summed E-state index contributed by atoms with van der Waals surface area (Å²) in [7, 11) is 0. The average molecular weight is 254 g/mol. The average Bonchev–Trinajstić information content (AvgIpc) is 2.61. The molecule has 2 rings (SSSR count). The van der Waals surface area contributed by atoms with Crippen LogP contribution in [0.25, 0.3) is 0 Å². The van der Waals surface area contributed by atoms with Crippen molar-refractivity contribution in [2.45, 2.75) is 19.0 Å². The number of nitro groups is 1. The number of aromatic amines is 1. The highest BCUT2D eigenvalue weighted by Gasteiger charge is 2.19. The Kier molecular flexibility index (Phi) is 3.53. The first-order chi connectivity index (χ1) is 8.52. The molecule has 2 heterocycles. The van der Waals surface area contributed by atoms with Crippen molar-refractivity contribution in [3.05, 3.63) is 32.2 Å². The summed E-state index contributed by atoms with van der Waals surface area (Å²) in [6, 6.07) is 1.47. The topological polar surface area (TPSA) is 130 Å². The molecule has 1 fully saturated rings. The van der Waals surface area contributed by atoms with Crippen LogP contribution in [0.15, 0.2) is 10.9 Å². The Hall–Kier alpha value is -2.00. The Morgan fingerprint density at radius 1 is 1.72 bits per heavy atom. The number of H-pyrrole nitrogens is 1. The highest BCUT2D eigenvalue weighted by atomic mass is 16.7. The Morgan fingerprint density at radius 2 is 2.50 bits per heavy atom. The lowest BCUT2D eigenvalue weighted by atomic mass is 10.3. The van der Waals surface area contributed by atoms with Crippen molar-refractivity contribution >= 4 is 5.95 Å². The molecule has 1 saturated heterocycles. The third-order valence-electron chi connectivity index (χ3n) is 2.69. The number of likely N-dealkylation sites (tertiary alicyclic amines) is 1. The van der Waals surface area contributed by atoms with E-state index in [0.717, 1.165) is 19.5 Å². The normalized spacial score (nSPS) is 19.9. The lowest BCUT2D eigenvalue weighted by Gasteiger charge is -2.14. The molecule has 0 aromatic carbocycles. The summed E-state index contributed by atoms with van der Waals surface area (Å²) < 4.78 is 0. The Balaban J connectivity index is 2.10. The molecule has 18 heavy (non-hydrogen) atoms. The maximum absolute atomic E-state index is 11.3. The Morgan fingerprint density at radius 3 is 3.11 bits per heavy atom. The van der Waals surface area contributed by atoms with Gasteiger partial charge < -0.3 is 5.73 Å². The van der Waals surface area contributed by atoms with Crippen molar-refractivity contribution in [2.24, 2.45) is 5.73 Å². The maximum atomic E-state index is 11.3. The largest absolute Gasteiger partial charge is 0.326 e. The van der Waals surface area contributed by atoms with E-state index >= 15 is 0 Å². The summed E-state index contributed by atoms with van der Waals surface area (Å²) in [6.45, 7) is 2.05. The van der Waals surface area contributed by atoms with Crippen molar-refractivity contribution in [1.29, 1.82) is 0 Å². The predicted molar refractivity (Wildman–Crippen MR) is 63.3 cm³/mol. The van der Waals surface area contributed by atoms with Crippen LogP contribution in [-0.4, -0.2) is 39.0 Å². The fourth-order valence-corrected chi connectivity index (χ4v) is 1.96. The molecular formula is C9H14N6O3. The zero-order valence-corrected chi connectivity index (χ0v) is 9.63. The summed E-state index contributed by atoms with van der Waals surface area (Å²) in [5, 5.41) is 9.51. The second kappa shape index (κ2) is 5.10.